The van der Waals surface area contributed by atoms with Gasteiger partial charge in [-0.2, -0.15) is 4.98 Å². The van der Waals surface area contributed by atoms with E-state index in [1.807, 2.05) is 6.92 Å². The number of ether oxygens (including phenoxy) is 1. The molecule has 0 saturated carbocycles. The van der Waals surface area contributed by atoms with Crippen molar-refractivity contribution in [1.82, 2.24) is 9.97 Å². The number of nitrogen functional groups attached to an aromatic ring is 1. The Bertz CT molecular complexity index is 706. The number of halogens is 1. The third-order valence-corrected chi connectivity index (χ3v) is 2.84. The van der Waals surface area contributed by atoms with Crippen molar-refractivity contribution in [1.29, 1.82) is 0 Å². The Kier molecular flexibility index (Phi) is 3.97. The Morgan fingerprint density at radius 1 is 1.43 bits per heavy atom. The molecule has 0 bridgehead atoms. The summed E-state index contributed by atoms with van der Waals surface area (Å²) in [6.07, 6.45) is 0.500. The fourth-order valence-electron chi connectivity index (χ4n) is 1.65. The zero-order valence-corrected chi connectivity index (χ0v) is 11.5. The van der Waals surface area contributed by atoms with Gasteiger partial charge in [-0.15, -0.1) is 0 Å². The highest BCUT2D eigenvalue weighted by Gasteiger charge is 2.22. The summed E-state index contributed by atoms with van der Waals surface area (Å²) in [5.74, 6) is -0.736. The minimum absolute atomic E-state index is 0.00699. The second kappa shape index (κ2) is 5.70. The number of rotatable bonds is 4. The van der Waals surface area contributed by atoms with Crippen LogP contribution in [0.1, 0.15) is 18.3 Å². The van der Waals surface area contributed by atoms with Crippen molar-refractivity contribution in [3.63, 3.8) is 0 Å². The second-order valence-corrected chi connectivity index (χ2v) is 4.26. The van der Waals surface area contributed by atoms with Crippen molar-refractivity contribution < 1.29 is 14.1 Å². The lowest BCUT2D eigenvalue weighted by atomic mass is 10.2. The average Bonchev–Trinajstić information content (AvgIpc) is 2.45. The van der Waals surface area contributed by atoms with Crippen LogP contribution in [0.25, 0.3) is 0 Å². The molecule has 0 radical (unpaired) electrons. The predicted octanol–water partition coefficient (Wildman–Crippen LogP) is 2.77. The van der Waals surface area contributed by atoms with E-state index in [1.54, 1.807) is 6.92 Å². The Hall–Kier alpha value is -2.77. The van der Waals surface area contributed by atoms with E-state index in [2.05, 4.69) is 9.97 Å². The van der Waals surface area contributed by atoms with Crippen molar-refractivity contribution in [2.75, 3.05) is 5.73 Å². The molecule has 8 heteroatoms. The maximum atomic E-state index is 13.8. The van der Waals surface area contributed by atoms with Gasteiger partial charge in [0.05, 0.1) is 10.5 Å². The van der Waals surface area contributed by atoms with Gasteiger partial charge in [0.1, 0.15) is 11.6 Å². The molecule has 0 fully saturated rings. The summed E-state index contributed by atoms with van der Waals surface area (Å²) in [5, 5.41) is 10.9. The molecule has 110 valence electrons. The molecule has 0 atom stereocenters. The number of aromatic nitrogens is 2. The fourth-order valence-corrected chi connectivity index (χ4v) is 1.65. The zero-order valence-electron chi connectivity index (χ0n) is 11.5. The first kappa shape index (κ1) is 14.6. The number of hydrogen-bond acceptors (Lipinski definition) is 6. The van der Waals surface area contributed by atoms with Crippen LogP contribution >= 0.6 is 0 Å². The molecule has 0 aliphatic carbocycles. The van der Waals surface area contributed by atoms with Gasteiger partial charge >= 0.3 is 5.69 Å². The second-order valence-electron chi connectivity index (χ2n) is 4.26. The summed E-state index contributed by atoms with van der Waals surface area (Å²) >= 11 is 0. The van der Waals surface area contributed by atoms with Gasteiger partial charge in [-0.25, -0.2) is 9.37 Å². The van der Waals surface area contributed by atoms with E-state index in [4.69, 9.17) is 10.5 Å². The summed E-state index contributed by atoms with van der Waals surface area (Å²) in [6.45, 7) is 3.41. The highest BCUT2D eigenvalue weighted by Crippen LogP contribution is 2.35. The van der Waals surface area contributed by atoms with Gasteiger partial charge in [0, 0.05) is 12.5 Å². The maximum absolute atomic E-state index is 13.8. The van der Waals surface area contributed by atoms with Crippen LogP contribution in [0.5, 0.6) is 11.6 Å². The lowest BCUT2D eigenvalue weighted by Crippen LogP contribution is -2.05. The lowest BCUT2D eigenvalue weighted by Gasteiger charge is -2.11. The smallest absolute Gasteiger partial charge is 0.314 e. The molecule has 0 unspecified atom stereocenters. The fraction of sp³-hybridized carbons (Fsp3) is 0.231. The number of nitrogens with zero attached hydrogens (tertiary/aromatic N) is 3. The van der Waals surface area contributed by atoms with Crippen molar-refractivity contribution in [2.45, 2.75) is 20.3 Å². The average molecular weight is 292 g/mol. The lowest BCUT2D eigenvalue weighted by molar-refractivity contribution is -0.385. The molecular weight excluding hydrogens is 279 g/mol. The van der Waals surface area contributed by atoms with E-state index in [-0.39, 0.29) is 11.7 Å². The molecule has 0 spiro atoms. The monoisotopic (exact) mass is 292 g/mol. The van der Waals surface area contributed by atoms with Crippen LogP contribution in [0.4, 0.5) is 15.9 Å². The number of benzene rings is 1. The maximum Gasteiger partial charge on any atom is 0.314 e. The minimum Gasteiger partial charge on any atom is -0.428 e. The summed E-state index contributed by atoms with van der Waals surface area (Å²) in [7, 11) is 0. The standard InChI is InChI=1S/C13H13FN4O3/c1-3-10-16-12(15)7(2)13(17-10)21-11-8(14)5-4-6-9(11)18(19)20/h4-6H,3H2,1-2H3,(H2,15,16,17). The van der Waals surface area contributed by atoms with Crippen LogP contribution in [-0.4, -0.2) is 14.9 Å². The normalized spacial score (nSPS) is 10.4. The largest absolute Gasteiger partial charge is 0.428 e. The molecule has 21 heavy (non-hydrogen) atoms. The first-order valence-corrected chi connectivity index (χ1v) is 6.17. The SMILES string of the molecule is CCc1nc(N)c(C)c(Oc2c(F)cccc2[N+](=O)[O-])n1. The van der Waals surface area contributed by atoms with E-state index in [0.29, 0.717) is 17.8 Å². The van der Waals surface area contributed by atoms with Crippen LogP contribution in [0.2, 0.25) is 0 Å². The van der Waals surface area contributed by atoms with Crippen LogP contribution in [0, 0.1) is 22.9 Å². The van der Waals surface area contributed by atoms with Gasteiger partial charge in [-0.05, 0) is 13.0 Å². The number of nitro benzene ring substituents is 1. The highest BCUT2D eigenvalue weighted by atomic mass is 19.1. The Morgan fingerprint density at radius 2 is 2.14 bits per heavy atom. The molecule has 0 aliphatic rings. The third kappa shape index (κ3) is 2.88. The number of aryl methyl sites for hydroxylation is 1. The van der Waals surface area contributed by atoms with Gasteiger partial charge in [0.25, 0.3) is 0 Å². The van der Waals surface area contributed by atoms with E-state index >= 15 is 0 Å². The van der Waals surface area contributed by atoms with E-state index in [0.717, 1.165) is 12.1 Å². The van der Waals surface area contributed by atoms with Crippen LogP contribution < -0.4 is 10.5 Å². The van der Waals surface area contributed by atoms with Crippen molar-refractivity contribution >= 4 is 11.5 Å². The molecule has 0 aliphatic heterocycles. The molecule has 2 rings (SSSR count). The zero-order chi connectivity index (χ0) is 15.6. The predicted molar refractivity (Wildman–Crippen MR) is 73.7 cm³/mol. The molecule has 1 aromatic carbocycles. The van der Waals surface area contributed by atoms with Gasteiger partial charge in [-0.3, -0.25) is 10.1 Å². The summed E-state index contributed by atoms with van der Waals surface area (Å²) in [5.41, 5.74) is 5.64. The van der Waals surface area contributed by atoms with Crippen LogP contribution in [-0.2, 0) is 6.42 Å². The topological polar surface area (TPSA) is 104 Å². The Balaban J connectivity index is 2.53. The highest BCUT2D eigenvalue weighted by molar-refractivity contribution is 5.51. The van der Waals surface area contributed by atoms with Gasteiger partial charge < -0.3 is 10.5 Å². The van der Waals surface area contributed by atoms with Crippen molar-refractivity contribution in [3.05, 3.63) is 45.5 Å². The summed E-state index contributed by atoms with van der Waals surface area (Å²) in [4.78, 5) is 18.3. The summed E-state index contributed by atoms with van der Waals surface area (Å²) in [6, 6.07) is 3.46. The number of nitro groups is 1. The first-order valence-electron chi connectivity index (χ1n) is 6.17. The van der Waals surface area contributed by atoms with E-state index < -0.39 is 22.2 Å². The van der Waals surface area contributed by atoms with Gasteiger partial charge in [-0.1, -0.05) is 13.0 Å². The molecule has 0 saturated heterocycles. The molecule has 7 nitrogen and oxygen atoms in total. The number of para-hydroxylation sites is 1. The van der Waals surface area contributed by atoms with Crippen molar-refractivity contribution in [3.8, 4) is 11.6 Å². The quantitative estimate of drug-likeness (QED) is 0.686. The van der Waals surface area contributed by atoms with E-state index in [1.165, 1.54) is 6.07 Å². The van der Waals surface area contributed by atoms with E-state index in [9.17, 15) is 14.5 Å². The molecule has 0 amide bonds. The molecule has 2 N–H and O–H groups in total. The minimum atomic E-state index is -0.848. The molecular formula is C13H13FN4O3. The number of nitrogens with two attached hydrogens (primary N) is 1. The summed E-state index contributed by atoms with van der Waals surface area (Å²) < 4.78 is 19.1. The number of anilines is 1. The van der Waals surface area contributed by atoms with Crippen LogP contribution in [0.15, 0.2) is 18.2 Å². The first-order chi connectivity index (χ1) is 9.93. The number of hydrogen-bond donors (Lipinski definition) is 1. The molecule has 2 aromatic rings. The van der Waals surface area contributed by atoms with Gasteiger partial charge in [0.15, 0.2) is 5.82 Å². The van der Waals surface area contributed by atoms with Crippen LogP contribution in [0.3, 0.4) is 0 Å². The van der Waals surface area contributed by atoms with Crippen molar-refractivity contribution in [2.24, 2.45) is 0 Å². The Labute approximate surface area is 119 Å². The van der Waals surface area contributed by atoms with Gasteiger partial charge in [0.2, 0.25) is 11.6 Å². The third-order valence-electron chi connectivity index (χ3n) is 2.84. The molecule has 1 aromatic heterocycles. The molecule has 1 heterocycles. The Morgan fingerprint density at radius 3 is 2.76 bits per heavy atom.